The molecule has 0 unspecified atom stereocenters. The molecule has 0 heterocycles. The van der Waals surface area contributed by atoms with Crippen LogP contribution in [-0.4, -0.2) is 24.4 Å². The fourth-order valence-corrected chi connectivity index (χ4v) is 2.20. The second-order valence-corrected chi connectivity index (χ2v) is 5.78. The molecule has 0 aromatic heterocycles. The van der Waals surface area contributed by atoms with Gasteiger partial charge >= 0.3 is 5.97 Å². The largest absolute Gasteiger partial charge is 0.452 e. The van der Waals surface area contributed by atoms with Gasteiger partial charge in [0.2, 0.25) is 0 Å². The molecule has 2 rings (SSSR count). The van der Waals surface area contributed by atoms with Gasteiger partial charge < -0.3 is 4.74 Å². The van der Waals surface area contributed by atoms with E-state index in [-0.39, 0.29) is 0 Å². The van der Waals surface area contributed by atoms with Crippen molar-refractivity contribution >= 4 is 39.8 Å². The van der Waals surface area contributed by atoms with Gasteiger partial charge in [-0.2, -0.15) is 0 Å². The molecule has 0 saturated heterocycles. The number of carbonyl (C=O) groups excluding carboxylic acids is 3. The van der Waals surface area contributed by atoms with Crippen LogP contribution in [0.4, 0.5) is 0 Å². The van der Waals surface area contributed by atoms with E-state index in [0.29, 0.717) is 5.56 Å². The van der Waals surface area contributed by atoms with E-state index in [1.165, 1.54) is 6.08 Å². The minimum Gasteiger partial charge on any atom is -0.452 e. The third-order valence-corrected chi connectivity index (χ3v) is 3.45. The molecular weight excluding hydrogens is 388 g/mol. The van der Waals surface area contributed by atoms with Crippen molar-refractivity contribution in [3.63, 3.8) is 0 Å². The van der Waals surface area contributed by atoms with Crippen molar-refractivity contribution in [2.75, 3.05) is 6.61 Å². The Balaban J connectivity index is 1.72. The lowest BCUT2D eigenvalue weighted by Gasteiger charge is -2.07. The number of nitrogens with one attached hydrogen (secondary N) is 2. The van der Waals surface area contributed by atoms with Gasteiger partial charge in [0.1, 0.15) is 0 Å². The lowest BCUT2D eigenvalue weighted by atomic mass is 10.2. The van der Waals surface area contributed by atoms with Gasteiger partial charge in [-0.3, -0.25) is 20.4 Å². The summed E-state index contributed by atoms with van der Waals surface area (Å²) in [6.07, 6.45) is 2.79. The standard InChI is InChI=1S/C18H15BrN2O4/c19-15-8-4-5-13(11-15)9-10-17(23)25-12-16(22)20-21-18(24)14-6-2-1-3-7-14/h1-11H,12H2,(H,20,22)(H,21,24)/b10-9+. The number of hydrogen-bond acceptors (Lipinski definition) is 4. The zero-order valence-corrected chi connectivity index (χ0v) is 14.7. The van der Waals surface area contributed by atoms with E-state index >= 15 is 0 Å². The Morgan fingerprint density at radius 1 is 1.00 bits per heavy atom. The van der Waals surface area contributed by atoms with Gasteiger partial charge in [-0.1, -0.05) is 46.3 Å². The maximum absolute atomic E-state index is 11.7. The quantitative estimate of drug-likeness (QED) is 0.457. The molecule has 25 heavy (non-hydrogen) atoms. The van der Waals surface area contributed by atoms with Crippen molar-refractivity contribution in [1.29, 1.82) is 0 Å². The van der Waals surface area contributed by atoms with E-state index in [1.807, 2.05) is 24.3 Å². The summed E-state index contributed by atoms with van der Waals surface area (Å²) in [6.45, 7) is -0.503. The highest BCUT2D eigenvalue weighted by Crippen LogP contribution is 2.12. The van der Waals surface area contributed by atoms with E-state index in [2.05, 4.69) is 26.8 Å². The molecule has 2 amide bonds. The smallest absolute Gasteiger partial charge is 0.331 e. The van der Waals surface area contributed by atoms with Crippen LogP contribution in [0.5, 0.6) is 0 Å². The van der Waals surface area contributed by atoms with E-state index in [4.69, 9.17) is 4.74 Å². The summed E-state index contributed by atoms with van der Waals surface area (Å²) in [4.78, 5) is 34.9. The second kappa shape index (κ2) is 9.39. The van der Waals surface area contributed by atoms with Crippen LogP contribution in [0.15, 0.2) is 65.1 Å². The number of halogens is 1. The molecule has 0 aliphatic rings. The molecule has 7 heteroatoms. The predicted molar refractivity (Wildman–Crippen MR) is 96.2 cm³/mol. The first-order chi connectivity index (χ1) is 12.0. The summed E-state index contributed by atoms with van der Waals surface area (Å²) < 4.78 is 5.68. The summed E-state index contributed by atoms with van der Waals surface area (Å²) >= 11 is 3.33. The van der Waals surface area contributed by atoms with Crippen molar-refractivity contribution in [1.82, 2.24) is 10.9 Å². The summed E-state index contributed by atoms with van der Waals surface area (Å²) in [6, 6.07) is 15.7. The number of esters is 1. The number of carbonyl (C=O) groups is 3. The fourth-order valence-electron chi connectivity index (χ4n) is 1.78. The van der Waals surface area contributed by atoms with Crippen LogP contribution in [0.1, 0.15) is 15.9 Å². The van der Waals surface area contributed by atoms with E-state index in [1.54, 1.807) is 36.4 Å². The first-order valence-electron chi connectivity index (χ1n) is 7.29. The molecule has 2 N–H and O–H groups in total. The maximum Gasteiger partial charge on any atom is 0.331 e. The monoisotopic (exact) mass is 402 g/mol. The summed E-state index contributed by atoms with van der Waals surface area (Å²) in [5.41, 5.74) is 5.62. The predicted octanol–water partition coefficient (Wildman–Crippen LogP) is 2.47. The van der Waals surface area contributed by atoms with Gasteiger partial charge in [0.15, 0.2) is 6.61 Å². The van der Waals surface area contributed by atoms with Gasteiger partial charge in [0, 0.05) is 16.1 Å². The topological polar surface area (TPSA) is 84.5 Å². The molecule has 0 fully saturated rings. The van der Waals surface area contributed by atoms with Gasteiger partial charge in [-0.25, -0.2) is 4.79 Å². The number of ether oxygens (including phenoxy) is 1. The molecule has 0 atom stereocenters. The number of hydrazine groups is 1. The Kier molecular flexibility index (Phi) is 6.91. The van der Waals surface area contributed by atoms with Crippen molar-refractivity contribution < 1.29 is 19.1 Å². The molecule has 2 aromatic rings. The molecular formula is C18H15BrN2O4. The molecule has 0 aliphatic heterocycles. The van der Waals surface area contributed by atoms with Crippen LogP contribution in [0.2, 0.25) is 0 Å². The van der Waals surface area contributed by atoms with Crippen LogP contribution >= 0.6 is 15.9 Å². The Hall–Kier alpha value is -2.93. The second-order valence-electron chi connectivity index (χ2n) is 4.86. The van der Waals surface area contributed by atoms with Gasteiger partial charge in [-0.15, -0.1) is 0 Å². The van der Waals surface area contributed by atoms with E-state index in [9.17, 15) is 14.4 Å². The molecule has 0 spiro atoms. The molecule has 2 aromatic carbocycles. The average Bonchev–Trinajstić information content (AvgIpc) is 2.63. The van der Waals surface area contributed by atoms with Gasteiger partial charge in [0.05, 0.1) is 0 Å². The van der Waals surface area contributed by atoms with Crippen molar-refractivity contribution in [2.45, 2.75) is 0 Å². The first kappa shape index (κ1) is 18.4. The number of rotatable bonds is 5. The molecule has 0 bridgehead atoms. The van der Waals surface area contributed by atoms with Gasteiger partial charge in [0.25, 0.3) is 11.8 Å². The lowest BCUT2D eigenvalue weighted by Crippen LogP contribution is -2.43. The molecule has 6 nitrogen and oxygen atoms in total. The first-order valence-corrected chi connectivity index (χ1v) is 8.08. The highest BCUT2D eigenvalue weighted by Gasteiger charge is 2.08. The Labute approximate surface area is 153 Å². The van der Waals surface area contributed by atoms with Crippen LogP contribution < -0.4 is 10.9 Å². The van der Waals surface area contributed by atoms with E-state index in [0.717, 1.165) is 10.0 Å². The Morgan fingerprint density at radius 3 is 2.48 bits per heavy atom. The number of benzene rings is 2. The van der Waals surface area contributed by atoms with Crippen molar-refractivity contribution in [3.8, 4) is 0 Å². The minimum atomic E-state index is -0.662. The highest BCUT2D eigenvalue weighted by molar-refractivity contribution is 9.10. The number of amides is 2. The SMILES string of the molecule is O=C(COC(=O)/C=C/c1cccc(Br)c1)NNC(=O)c1ccccc1. The molecule has 0 aliphatic carbocycles. The third-order valence-electron chi connectivity index (χ3n) is 2.96. The Morgan fingerprint density at radius 2 is 1.76 bits per heavy atom. The zero-order chi connectivity index (χ0) is 18.1. The average molecular weight is 403 g/mol. The van der Waals surface area contributed by atoms with Crippen molar-refractivity contribution in [3.05, 3.63) is 76.3 Å². The zero-order valence-electron chi connectivity index (χ0n) is 13.1. The van der Waals surface area contributed by atoms with Crippen LogP contribution in [0.25, 0.3) is 6.08 Å². The summed E-state index contributed by atoms with van der Waals surface area (Å²) in [5, 5.41) is 0. The highest BCUT2D eigenvalue weighted by atomic mass is 79.9. The molecule has 0 radical (unpaired) electrons. The number of hydrogen-bond donors (Lipinski definition) is 2. The Bertz CT molecular complexity index is 791. The summed E-state index contributed by atoms with van der Waals surface area (Å²) in [7, 11) is 0. The van der Waals surface area contributed by atoms with Crippen LogP contribution in [-0.2, 0) is 14.3 Å². The van der Waals surface area contributed by atoms with Gasteiger partial charge in [-0.05, 0) is 35.9 Å². The summed E-state index contributed by atoms with van der Waals surface area (Å²) in [5.74, 6) is -1.77. The van der Waals surface area contributed by atoms with Crippen molar-refractivity contribution in [2.24, 2.45) is 0 Å². The normalized spacial score (nSPS) is 10.3. The lowest BCUT2D eigenvalue weighted by molar-refractivity contribution is -0.144. The minimum absolute atomic E-state index is 0.400. The van der Waals surface area contributed by atoms with E-state index < -0.39 is 24.4 Å². The molecule has 128 valence electrons. The van der Waals surface area contributed by atoms with Crippen LogP contribution in [0, 0.1) is 0 Å². The third kappa shape index (κ3) is 6.60. The van der Waals surface area contributed by atoms with Crippen LogP contribution in [0.3, 0.4) is 0 Å². The fraction of sp³-hybridized carbons (Fsp3) is 0.0556. The maximum atomic E-state index is 11.7. The molecule has 0 saturated carbocycles.